The van der Waals surface area contributed by atoms with E-state index in [0.29, 0.717) is 18.4 Å². The molecule has 0 spiro atoms. The maximum atomic E-state index is 13.5. The second-order valence-corrected chi connectivity index (χ2v) is 9.49. The number of phenols is 1. The Morgan fingerprint density at radius 1 is 1.00 bits per heavy atom. The first-order valence-electron chi connectivity index (χ1n) is 11.5. The molecule has 0 bridgehead atoms. The standard InChI is InChI=1S/C27H25NO7/c28-26(34)22-19(30)12-16-10-15-11-17-14(7-6-13-4-2-1-3-5-13)8-9-18(29)21(17)23(31)20(15)24(32)27(16,35)25(22)33/h1-5,8-9,15-16,29,31,33,35H,6-7,10-12H2,(H2,28,34)/t15-,16+,27+/m1/s1. The Morgan fingerprint density at radius 3 is 2.40 bits per heavy atom. The van der Waals surface area contributed by atoms with Crippen LogP contribution in [0.25, 0.3) is 5.76 Å². The van der Waals surface area contributed by atoms with Gasteiger partial charge in [-0.3, -0.25) is 14.4 Å². The Morgan fingerprint density at radius 2 is 1.71 bits per heavy atom. The topological polar surface area (TPSA) is 158 Å². The molecule has 3 atom stereocenters. The van der Waals surface area contributed by atoms with Crippen LogP contribution in [0.5, 0.6) is 5.75 Å². The summed E-state index contributed by atoms with van der Waals surface area (Å²) in [6.45, 7) is 0. The van der Waals surface area contributed by atoms with Crippen molar-refractivity contribution >= 4 is 23.2 Å². The van der Waals surface area contributed by atoms with Gasteiger partial charge in [-0.1, -0.05) is 36.4 Å². The normalized spacial score (nSPS) is 25.7. The van der Waals surface area contributed by atoms with Gasteiger partial charge in [0.15, 0.2) is 11.4 Å². The molecule has 1 saturated carbocycles. The molecule has 35 heavy (non-hydrogen) atoms. The molecule has 2 aromatic rings. The first-order valence-corrected chi connectivity index (χ1v) is 11.5. The minimum Gasteiger partial charge on any atom is -0.508 e. The second kappa shape index (κ2) is 8.09. The maximum absolute atomic E-state index is 13.5. The number of rotatable bonds is 4. The van der Waals surface area contributed by atoms with E-state index in [-0.39, 0.29) is 29.7 Å². The summed E-state index contributed by atoms with van der Waals surface area (Å²) in [5, 5.41) is 43.6. The fraction of sp³-hybridized carbons (Fsp3) is 0.296. The van der Waals surface area contributed by atoms with Gasteiger partial charge >= 0.3 is 0 Å². The van der Waals surface area contributed by atoms with E-state index in [1.165, 1.54) is 6.07 Å². The molecule has 6 N–H and O–H groups in total. The van der Waals surface area contributed by atoms with E-state index in [1.54, 1.807) is 6.07 Å². The summed E-state index contributed by atoms with van der Waals surface area (Å²) < 4.78 is 0. The summed E-state index contributed by atoms with van der Waals surface area (Å²) in [4.78, 5) is 37.7. The molecule has 180 valence electrons. The van der Waals surface area contributed by atoms with E-state index in [4.69, 9.17) is 5.73 Å². The highest BCUT2D eigenvalue weighted by atomic mass is 16.3. The first-order chi connectivity index (χ1) is 16.6. The zero-order chi connectivity index (χ0) is 25.1. The molecule has 0 radical (unpaired) electrons. The molecular formula is C27H25NO7. The van der Waals surface area contributed by atoms with E-state index < -0.39 is 52.0 Å². The monoisotopic (exact) mass is 475 g/mol. The number of aromatic hydroxyl groups is 1. The number of aliphatic hydroxyl groups excluding tert-OH is 2. The van der Waals surface area contributed by atoms with Gasteiger partial charge in [0.05, 0.1) is 5.56 Å². The van der Waals surface area contributed by atoms with E-state index in [0.717, 1.165) is 17.5 Å². The zero-order valence-electron chi connectivity index (χ0n) is 18.8. The fourth-order valence-corrected chi connectivity index (χ4v) is 5.84. The largest absolute Gasteiger partial charge is 0.508 e. The van der Waals surface area contributed by atoms with Crippen LogP contribution in [-0.4, -0.2) is 43.5 Å². The molecule has 2 aromatic carbocycles. The van der Waals surface area contributed by atoms with Crippen molar-refractivity contribution in [2.45, 2.75) is 37.7 Å². The van der Waals surface area contributed by atoms with Crippen LogP contribution in [-0.2, 0) is 33.6 Å². The van der Waals surface area contributed by atoms with Gasteiger partial charge in [0, 0.05) is 17.9 Å². The molecular weight excluding hydrogens is 450 g/mol. The lowest BCUT2D eigenvalue weighted by atomic mass is 9.59. The highest BCUT2D eigenvalue weighted by molar-refractivity contribution is 6.22. The molecule has 5 rings (SSSR count). The SMILES string of the molecule is NC(=O)C1=C(O)[C@@]2(O)C(=O)C3=C(O)c4c(O)ccc(CCc5ccccc5)c4C[C@H]3C[C@H]2CC1=O. The van der Waals surface area contributed by atoms with Crippen molar-refractivity contribution in [2.24, 2.45) is 17.6 Å². The number of fused-ring (bicyclic) bond motifs is 3. The third-order valence-electron chi connectivity index (χ3n) is 7.57. The van der Waals surface area contributed by atoms with Gasteiger partial charge < -0.3 is 26.2 Å². The molecule has 1 amide bonds. The molecule has 8 heteroatoms. The van der Waals surface area contributed by atoms with Crippen LogP contribution < -0.4 is 5.73 Å². The Kier molecular flexibility index (Phi) is 5.29. The van der Waals surface area contributed by atoms with Gasteiger partial charge in [-0.05, 0) is 54.4 Å². The molecule has 1 fully saturated rings. The average Bonchev–Trinajstić information content (AvgIpc) is 2.81. The smallest absolute Gasteiger partial charge is 0.255 e. The summed E-state index contributed by atoms with van der Waals surface area (Å²) in [6.07, 6.45) is 1.49. The number of carbonyl (C=O) groups is 3. The number of aliphatic hydroxyl groups is 3. The minimum atomic E-state index is -2.55. The molecule has 0 aliphatic heterocycles. The average molecular weight is 475 g/mol. The van der Waals surface area contributed by atoms with E-state index in [9.17, 15) is 34.8 Å². The van der Waals surface area contributed by atoms with Crippen LogP contribution in [0.4, 0.5) is 0 Å². The maximum Gasteiger partial charge on any atom is 0.255 e. The molecule has 3 aliphatic carbocycles. The first kappa shape index (κ1) is 22.9. The van der Waals surface area contributed by atoms with Crippen molar-refractivity contribution in [2.75, 3.05) is 0 Å². The van der Waals surface area contributed by atoms with Gasteiger partial charge in [-0.2, -0.15) is 0 Å². The van der Waals surface area contributed by atoms with Crippen LogP contribution in [0.1, 0.15) is 35.1 Å². The minimum absolute atomic E-state index is 0.122. The van der Waals surface area contributed by atoms with Crippen molar-refractivity contribution in [3.05, 3.63) is 81.6 Å². The molecule has 0 unspecified atom stereocenters. The summed E-state index contributed by atoms with van der Waals surface area (Å²) in [7, 11) is 0. The van der Waals surface area contributed by atoms with E-state index >= 15 is 0 Å². The second-order valence-electron chi connectivity index (χ2n) is 9.49. The third kappa shape index (κ3) is 3.36. The van der Waals surface area contributed by atoms with Crippen molar-refractivity contribution in [3.8, 4) is 5.75 Å². The number of hydrogen-bond donors (Lipinski definition) is 5. The summed E-state index contributed by atoms with van der Waals surface area (Å²) in [6, 6.07) is 13.1. The molecule has 3 aliphatic rings. The molecule has 0 aromatic heterocycles. The van der Waals surface area contributed by atoms with Crippen LogP contribution in [0, 0.1) is 11.8 Å². The molecule has 0 saturated heterocycles. The number of Topliss-reactive ketones (excluding diaryl/α,β-unsaturated/α-hetero) is 2. The Hall–Kier alpha value is -3.91. The van der Waals surface area contributed by atoms with Crippen molar-refractivity contribution in [1.29, 1.82) is 0 Å². The van der Waals surface area contributed by atoms with Crippen LogP contribution in [0.3, 0.4) is 0 Å². The highest BCUT2D eigenvalue weighted by Crippen LogP contribution is 2.52. The van der Waals surface area contributed by atoms with Gasteiger partial charge in [0.25, 0.3) is 5.91 Å². The number of carbonyl (C=O) groups excluding carboxylic acids is 3. The lowest BCUT2D eigenvalue weighted by Crippen LogP contribution is -2.58. The van der Waals surface area contributed by atoms with Crippen molar-refractivity contribution in [1.82, 2.24) is 0 Å². The molecule has 8 nitrogen and oxygen atoms in total. The number of primary amides is 1. The van der Waals surface area contributed by atoms with Gasteiger partial charge in [0.2, 0.25) is 5.78 Å². The van der Waals surface area contributed by atoms with E-state index in [1.807, 2.05) is 30.3 Å². The summed E-state index contributed by atoms with van der Waals surface area (Å²) in [5.74, 6) is -6.19. The van der Waals surface area contributed by atoms with Crippen molar-refractivity contribution < 1.29 is 34.8 Å². The highest BCUT2D eigenvalue weighted by Gasteiger charge is 2.60. The summed E-state index contributed by atoms with van der Waals surface area (Å²) >= 11 is 0. The van der Waals surface area contributed by atoms with Gasteiger partial charge in [-0.15, -0.1) is 0 Å². The van der Waals surface area contributed by atoms with Crippen LogP contribution >= 0.6 is 0 Å². The lowest BCUT2D eigenvalue weighted by Gasteiger charge is -2.46. The Balaban J connectivity index is 1.59. The van der Waals surface area contributed by atoms with Crippen LogP contribution in [0.2, 0.25) is 0 Å². The molecule has 0 heterocycles. The predicted octanol–water partition coefficient (Wildman–Crippen LogP) is 2.21. The zero-order valence-corrected chi connectivity index (χ0v) is 18.8. The number of nitrogens with two attached hydrogens (primary N) is 1. The van der Waals surface area contributed by atoms with Crippen LogP contribution in [0.15, 0.2) is 59.4 Å². The Bertz CT molecular complexity index is 1340. The fourth-order valence-electron chi connectivity index (χ4n) is 5.84. The number of ketones is 2. The lowest BCUT2D eigenvalue weighted by molar-refractivity contribution is -0.147. The number of hydrogen-bond acceptors (Lipinski definition) is 7. The number of benzene rings is 2. The Labute approximate surface area is 201 Å². The number of phenolic OH excluding ortho intramolecular Hbond substituents is 1. The van der Waals surface area contributed by atoms with E-state index in [2.05, 4.69) is 0 Å². The van der Waals surface area contributed by atoms with Gasteiger partial charge in [-0.25, -0.2) is 0 Å². The summed E-state index contributed by atoms with van der Waals surface area (Å²) in [5.41, 5.74) is 4.63. The third-order valence-corrected chi connectivity index (χ3v) is 7.57. The predicted molar refractivity (Wildman–Crippen MR) is 125 cm³/mol. The quantitative estimate of drug-likeness (QED) is 0.424. The number of amides is 1. The van der Waals surface area contributed by atoms with Gasteiger partial charge in [0.1, 0.15) is 22.8 Å². The number of aryl methyl sites for hydroxylation is 2. The van der Waals surface area contributed by atoms with Crippen molar-refractivity contribution in [3.63, 3.8) is 0 Å².